The first-order valence-corrected chi connectivity index (χ1v) is 15.5. The summed E-state index contributed by atoms with van der Waals surface area (Å²) >= 11 is 6.03. The number of pyridine rings is 2. The Balaban J connectivity index is 1.45. The smallest absolute Gasteiger partial charge is 0.251 e. The lowest BCUT2D eigenvalue weighted by molar-refractivity contribution is -0.117. The number of nitrogens with one attached hydrogen (secondary N) is 1. The van der Waals surface area contributed by atoms with Crippen molar-refractivity contribution in [2.24, 2.45) is 5.73 Å². The van der Waals surface area contributed by atoms with Gasteiger partial charge in [-0.3, -0.25) is 19.3 Å². The first kappa shape index (κ1) is 32.8. The molecule has 11 nitrogen and oxygen atoms in total. The van der Waals surface area contributed by atoms with Gasteiger partial charge in [0.05, 0.1) is 43.4 Å². The molecule has 248 valence electrons. The average Bonchev–Trinajstić information content (AvgIpc) is 3.84. The highest BCUT2D eigenvalue weighted by Gasteiger charge is 2.37. The number of methoxy groups -OCH3 is 1. The van der Waals surface area contributed by atoms with Crippen molar-refractivity contribution in [2.45, 2.75) is 37.8 Å². The van der Waals surface area contributed by atoms with Crippen LogP contribution in [-0.4, -0.2) is 56.9 Å². The number of fused-ring (bicyclic) bond motifs is 1. The molecule has 1 aliphatic carbocycles. The molecule has 4 N–H and O–H groups in total. The Morgan fingerprint density at radius 3 is 2.56 bits per heavy atom. The maximum Gasteiger partial charge on any atom is 0.251 e. The largest absolute Gasteiger partial charge is 0.494 e. The fraction of sp³-hybridized carbons (Fsp3) is 0.265. The number of ether oxygens (including phenoxy) is 2. The number of amides is 2. The van der Waals surface area contributed by atoms with E-state index in [2.05, 4.69) is 20.4 Å². The maximum absolute atomic E-state index is 15.3. The Hall–Kier alpha value is -5.14. The van der Waals surface area contributed by atoms with E-state index in [0.29, 0.717) is 28.8 Å². The molecule has 5 aromatic rings. The third-order valence-corrected chi connectivity index (χ3v) is 8.34. The summed E-state index contributed by atoms with van der Waals surface area (Å²) < 4.78 is 42.7. The van der Waals surface area contributed by atoms with Crippen LogP contribution in [0.15, 0.2) is 61.1 Å². The van der Waals surface area contributed by atoms with Crippen LogP contribution < -0.4 is 20.5 Å². The molecule has 14 heteroatoms. The summed E-state index contributed by atoms with van der Waals surface area (Å²) in [5.41, 5.74) is 4.30. The van der Waals surface area contributed by atoms with Crippen molar-refractivity contribution in [3.05, 3.63) is 100 Å². The molecule has 2 amide bonds. The van der Waals surface area contributed by atoms with Gasteiger partial charge in [0.2, 0.25) is 5.91 Å². The molecule has 0 bridgehead atoms. The minimum absolute atomic E-state index is 0.00474. The lowest BCUT2D eigenvalue weighted by Gasteiger charge is -2.30. The first-order chi connectivity index (χ1) is 23.0. The van der Waals surface area contributed by atoms with Crippen LogP contribution in [0, 0.1) is 11.6 Å². The molecule has 48 heavy (non-hydrogen) atoms. The predicted octanol–water partition coefficient (Wildman–Crippen LogP) is 4.86. The second-order valence-electron chi connectivity index (χ2n) is 11.4. The maximum atomic E-state index is 15.3. The van der Waals surface area contributed by atoms with Gasteiger partial charge in [0, 0.05) is 46.7 Å². The van der Waals surface area contributed by atoms with Crippen LogP contribution in [0.3, 0.4) is 0 Å². The standard InChI is InChI=1S/C34H31ClF2N6O5/c1-3-48-32-18(13-29(38)44)12-28(41-31(32)23-14-24(35)26(37)15-25(23)36)34(46,21-6-8-39-9-7-21)17-40-33(45)19-10-20-16-43(22-4-5-22)42-30(20)27(11-19)47-2/h6-12,14-16,22,46H,3-5,13,17H2,1-2H3,(H2,38,44)(H,40,45)/t34-/m1/s1. The molecule has 3 heterocycles. The molecule has 1 fully saturated rings. The number of benzene rings is 2. The molecule has 2 aromatic carbocycles. The Kier molecular flexibility index (Phi) is 8.99. The minimum atomic E-state index is -2.07. The zero-order chi connectivity index (χ0) is 34.2. The first-order valence-electron chi connectivity index (χ1n) is 15.1. The van der Waals surface area contributed by atoms with E-state index in [9.17, 15) is 19.1 Å². The van der Waals surface area contributed by atoms with Crippen molar-refractivity contribution in [3.8, 4) is 22.8 Å². The Bertz CT molecular complexity index is 2040. The fourth-order valence-electron chi connectivity index (χ4n) is 5.52. The molecular weight excluding hydrogens is 646 g/mol. The van der Waals surface area contributed by atoms with Crippen LogP contribution in [0.2, 0.25) is 5.02 Å². The Morgan fingerprint density at radius 1 is 1.15 bits per heavy atom. The van der Waals surface area contributed by atoms with Gasteiger partial charge >= 0.3 is 0 Å². The number of hydrogen-bond acceptors (Lipinski definition) is 8. The van der Waals surface area contributed by atoms with Gasteiger partial charge in [-0.2, -0.15) is 5.10 Å². The SMILES string of the molecule is CCOc1c(CC(N)=O)cc([C@@](O)(CNC(=O)c2cc(OC)c3nn(C4CC4)cc3c2)c2ccncc2)nc1-c1cc(Cl)c(F)cc1F. The molecule has 0 unspecified atom stereocenters. The molecule has 1 atom stereocenters. The van der Waals surface area contributed by atoms with Crippen LogP contribution in [0.5, 0.6) is 11.5 Å². The van der Waals surface area contributed by atoms with Crippen LogP contribution in [-0.2, 0) is 16.8 Å². The number of nitrogens with zero attached hydrogens (tertiary/aromatic N) is 4. The molecule has 0 saturated heterocycles. The van der Waals surface area contributed by atoms with E-state index >= 15 is 4.39 Å². The molecule has 0 spiro atoms. The highest BCUT2D eigenvalue weighted by molar-refractivity contribution is 6.31. The van der Waals surface area contributed by atoms with Gasteiger partial charge in [-0.1, -0.05) is 11.6 Å². The number of primary amides is 1. The minimum Gasteiger partial charge on any atom is -0.494 e. The third kappa shape index (κ3) is 6.38. The summed E-state index contributed by atoms with van der Waals surface area (Å²) in [6, 6.07) is 9.65. The summed E-state index contributed by atoms with van der Waals surface area (Å²) in [6.07, 6.45) is 6.43. The van der Waals surface area contributed by atoms with Crippen LogP contribution in [0.4, 0.5) is 8.78 Å². The van der Waals surface area contributed by atoms with Crippen molar-refractivity contribution in [1.82, 2.24) is 25.1 Å². The third-order valence-electron chi connectivity index (χ3n) is 8.05. The van der Waals surface area contributed by atoms with Crippen molar-refractivity contribution < 1.29 is 33.0 Å². The van der Waals surface area contributed by atoms with Crippen molar-refractivity contribution in [2.75, 3.05) is 20.3 Å². The average molecular weight is 677 g/mol. The monoisotopic (exact) mass is 676 g/mol. The molecule has 1 saturated carbocycles. The molecule has 3 aromatic heterocycles. The van der Waals surface area contributed by atoms with Gasteiger partial charge in [-0.15, -0.1) is 0 Å². The summed E-state index contributed by atoms with van der Waals surface area (Å²) in [4.78, 5) is 34.5. The fourth-order valence-corrected chi connectivity index (χ4v) is 5.69. The van der Waals surface area contributed by atoms with E-state index in [1.165, 1.54) is 37.7 Å². The van der Waals surface area contributed by atoms with Crippen molar-refractivity contribution in [1.29, 1.82) is 0 Å². The lowest BCUT2D eigenvalue weighted by atomic mass is 9.88. The summed E-state index contributed by atoms with van der Waals surface area (Å²) in [5, 5.41) is 20.2. The molecule has 0 radical (unpaired) electrons. The number of carbonyl (C=O) groups excluding carboxylic acids is 2. The van der Waals surface area contributed by atoms with E-state index in [-0.39, 0.29) is 57.4 Å². The number of hydrogen-bond donors (Lipinski definition) is 3. The normalized spacial score (nSPS) is 14.0. The van der Waals surface area contributed by atoms with Gasteiger partial charge in [-0.25, -0.2) is 13.8 Å². The highest BCUT2D eigenvalue weighted by atomic mass is 35.5. The van der Waals surface area contributed by atoms with Crippen molar-refractivity contribution >= 4 is 34.3 Å². The lowest BCUT2D eigenvalue weighted by Crippen LogP contribution is -2.42. The van der Waals surface area contributed by atoms with Gasteiger partial charge in [0.15, 0.2) is 0 Å². The number of halogens is 3. The summed E-state index contributed by atoms with van der Waals surface area (Å²) in [5.74, 6) is -2.88. The second kappa shape index (κ2) is 13.2. The Morgan fingerprint density at radius 2 is 1.90 bits per heavy atom. The van der Waals surface area contributed by atoms with Crippen molar-refractivity contribution in [3.63, 3.8) is 0 Å². The van der Waals surface area contributed by atoms with Gasteiger partial charge in [-0.05, 0) is 61.7 Å². The van der Waals surface area contributed by atoms with E-state index < -0.39 is 35.6 Å². The van der Waals surface area contributed by atoms with Crippen LogP contribution in [0.1, 0.15) is 53.0 Å². The summed E-state index contributed by atoms with van der Waals surface area (Å²) in [6.45, 7) is 1.33. The molecule has 0 aliphatic heterocycles. The number of aliphatic hydroxyl groups is 1. The summed E-state index contributed by atoms with van der Waals surface area (Å²) in [7, 11) is 1.49. The highest BCUT2D eigenvalue weighted by Crippen LogP contribution is 2.40. The number of carbonyl (C=O) groups is 2. The predicted molar refractivity (Wildman–Crippen MR) is 173 cm³/mol. The molecule has 1 aliphatic rings. The second-order valence-corrected chi connectivity index (χ2v) is 11.8. The zero-order valence-corrected chi connectivity index (χ0v) is 26.7. The van der Waals surface area contributed by atoms with Crippen LogP contribution >= 0.6 is 11.6 Å². The van der Waals surface area contributed by atoms with E-state index in [0.717, 1.165) is 18.9 Å². The Labute approximate surface area is 278 Å². The number of aromatic nitrogens is 4. The van der Waals surface area contributed by atoms with E-state index in [4.69, 9.17) is 26.8 Å². The quantitative estimate of drug-likeness (QED) is 0.158. The van der Waals surface area contributed by atoms with E-state index in [1.807, 2.05) is 10.9 Å². The van der Waals surface area contributed by atoms with Crippen LogP contribution in [0.25, 0.3) is 22.2 Å². The van der Waals surface area contributed by atoms with E-state index in [1.54, 1.807) is 19.1 Å². The van der Waals surface area contributed by atoms with Gasteiger partial charge < -0.3 is 25.6 Å². The molecule has 6 rings (SSSR count). The molecular formula is C34H31ClF2N6O5. The number of nitrogens with two attached hydrogens (primary N) is 1. The van der Waals surface area contributed by atoms with Gasteiger partial charge in [0.25, 0.3) is 5.91 Å². The van der Waals surface area contributed by atoms with Gasteiger partial charge in [0.1, 0.15) is 39.9 Å². The topological polar surface area (TPSA) is 154 Å². The number of rotatable bonds is 12. The zero-order valence-electron chi connectivity index (χ0n) is 26.0.